The molecular weight excluding hydrogens is 477 g/mol. The normalized spacial score (nSPS) is 21.6. The molecule has 0 spiro atoms. The van der Waals surface area contributed by atoms with Crippen LogP contribution in [-0.2, 0) is 0 Å². The lowest BCUT2D eigenvalue weighted by atomic mass is 9.97. The third kappa shape index (κ3) is 3.30. The van der Waals surface area contributed by atoms with Crippen molar-refractivity contribution < 1.29 is 13.7 Å². The molecule has 2 aliphatic heterocycles. The molecule has 182 valence electrons. The number of aromatic amines is 1. The van der Waals surface area contributed by atoms with Crippen LogP contribution in [0.2, 0.25) is 0 Å². The fourth-order valence-corrected chi connectivity index (χ4v) is 7.09. The van der Waals surface area contributed by atoms with Gasteiger partial charge in [0.05, 0.1) is 22.3 Å². The molecule has 0 aliphatic carbocycles. The molecule has 3 aromatic heterocycles. The molecule has 2 aromatic carbocycles. The molecule has 2 unspecified atom stereocenters. The summed E-state index contributed by atoms with van der Waals surface area (Å²) in [6.07, 6.45) is 5.41. The predicted molar refractivity (Wildman–Crippen MR) is 137 cm³/mol. The van der Waals surface area contributed by atoms with E-state index in [1.54, 1.807) is 19.2 Å². The number of halogens is 1. The van der Waals surface area contributed by atoms with Gasteiger partial charge in [-0.2, -0.15) is 5.10 Å². The Bertz CT molecular complexity index is 1640. The molecule has 2 aliphatic rings. The van der Waals surface area contributed by atoms with Crippen molar-refractivity contribution in [2.24, 2.45) is 5.73 Å². The Balaban J connectivity index is 1.39. The Morgan fingerprint density at radius 2 is 1.97 bits per heavy atom. The lowest BCUT2D eigenvalue weighted by Gasteiger charge is -2.37. The van der Waals surface area contributed by atoms with Gasteiger partial charge in [-0.3, -0.25) is 9.89 Å². The Morgan fingerprint density at radius 1 is 1.17 bits per heavy atom. The van der Waals surface area contributed by atoms with Crippen LogP contribution in [0, 0.1) is 12.7 Å². The quantitative estimate of drug-likeness (QED) is 0.333. The number of aryl methyl sites for hydroxylation is 1. The van der Waals surface area contributed by atoms with Crippen LogP contribution >= 0.6 is 11.3 Å². The number of nitrogens with two attached hydrogens (primary N) is 1. The fourth-order valence-electron chi connectivity index (χ4n) is 5.95. The van der Waals surface area contributed by atoms with Gasteiger partial charge in [-0.15, -0.1) is 11.3 Å². The SMILES string of the molecule is Cc1noc2cc(-c3sc(C(=O)N4C5CCC4CC(N)C5)cc3-c3ccc4cn[nH]c4c3)c(F)cc12. The summed E-state index contributed by atoms with van der Waals surface area (Å²) in [5.41, 5.74) is 10.4. The van der Waals surface area contributed by atoms with Crippen molar-refractivity contribution in [3.05, 3.63) is 59.0 Å². The number of fused-ring (bicyclic) bond motifs is 4. The first kappa shape index (κ1) is 21.7. The van der Waals surface area contributed by atoms with Crippen LogP contribution in [0.25, 0.3) is 43.4 Å². The largest absolute Gasteiger partial charge is 0.356 e. The van der Waals surface area contributed by atoms with Crippen LogP contribution in [0.4, 0.5) is 4.39 Å². The van der Waals surface area contributed by atoms with Crippen LogP contribution in [-0.4, -0.2) is 44.3 Å². The van der Waals surface area contributed by atoms with Crippen LogP contribution in [0.1, 0.15) is 41.0 Å². The van der Waals surface area contributed by atoms with Crippen molar-refractivity contribution >= 4 is 39.1 Å². The van der Waals surface area contributed by atoms with Crippen LogP contribution in [0.5, 0.6) is 0 Å². The number of rotatable bonds is 3. The molecular formula is C27H24FN5O2S. The lowest BCUT2D eigenvalue weighted by Crippen LogP contribution is -2.49. The van der Waals surface area contributed by atoms with Crippen molar-refractivity contribution in [1.82, 2.24) is 20.3 Å². The number of amides is 1. The second-order valence-electron chi connectivity index (χ2n) is 9.95. The predicted octanol–water partition coefficient (Wildman–Crippen LogP) is 5.64. The number of hydrogen-bond donors (Lipinski definition) is 2. The minimum absolute atomic E-state index is 0.00603. The van der Waals surface area contributed by atoms with E-state index in [1.807, 2.05) is 29.2 Å². The third-order valence-electron chi connectivity index (χ3n) is 7.68. The molecule has 3 N–H and O–H groups in total. The number of aromatic nitrogens is 3. The molecule has 7 nitrogen and oxygen atoms in total. The number of nitrogens with one attached hydrogen (secondary N) is 1. The Kier molecular flexibility index (Phi) is 4.81. The molecule has 36 heavy (non-hydrogen) atoms. The number of nitrogens with zero attached hydrogens (tertiary/aromatic N) is 3. The molecule has 9 heteroatoms. The molecule has 1 amide bonds. The van der Waals surface area contributed by atoms with Gasteiger partial charge in [0, 0.05) is 44.9 Å². The van der Waals surface area contributed by atoms with E-state index in [4.69, 9.17) is 10.3 Å². The van der Waals surface area contributed by atoms with Crippen LogP contribution < -0.4 is 5.73 Å². The minimum atomic E-state index is -0.373. The van der Waals surface area contributed by atoms with Crippen LogP contribution in [0.3, 0.4) is 0 Å². The smallest absolute Gasteiger partial charge is 0.264 e. The van der Waals surface area contributed by atoms with Gasteiger partial charge in [0.25, 0.3) is 5.91 Å². The first-order valence-corrected chi connectivity index (χ1v) is 13.0. The van der Waals surface area contributed by atoms with E-state index < -0.39 is 0 Å². The van der Waals surface area contributed by atoms with Gasteiger partial charge in [0.1, 0.15) is 5.82 Å². The van der Waals surface area contributed by atoms with Gasteiger partial charge in [-0.05, 0) is 62.4 Å². The average molecular weight is 502 g/mol. The molecule has 5 aromatic rings. The summed E-state index contributed by atoms with van der Waals surface area (Å²) < 4.78 is 21.0. The summed E-state index contributed by atoms with van der Waals surface area (Å²) in [6, 6.07) is 11.5. The lowest BCUT2D eigenvalue weighted by molar-refractivity contribution is 0.0580. The van der Waals surface area contributed by atoms with Gasteiger partial charge in [-0.1, -0.05) is 17.3 Å². The van der Waals surface area contributed by atoms with Crippen LogP contribution in [0.15, 0.2) is 47.1 Å². The second-order valence-corrected chi connectivity index (χ2v) is 11.0. The Morgan fingerprint density at radius 3 is 2.78 bits per heavy atom. The maximum atomic E-state index is 15.5. The number of carbonyl (C=O) groups excluding carboxylic acids is 1. The Labute approximate surface area is 210 Å². The van der Waals surface area contributed by atoms with Gasteiger partial charge < -0.3 is 15.2 Å². The Hall–Kier alpha value is -3.56. The molecule has 2 fully saturated rings. The number of benzene rings is 2. The van der Waals surface area contributed by atoms with Gasteiger partial charge in [0.15, 0.2) is 5.58 Å². The molecule has 2 saturated heterocycles. The highest BCUT2D eigenvalue weighted by Crippen LogP contribution is 2.44. The molecule has 2 bridgehead atoms. The van der Waals surface area contributed by atoms with E-state index in [0.717, 1.165) is 47.7 Å². The van der Waals surface area contributed by atoms with E-state index in [9.17, 15) is 4.79 Å². The number of piperidine rings is 1. The molecule has 7 rings (SSSR count). The third-order valence-corrected chi connectivity index (χ3v) is 8.84. The first-order valence-electron chi connectivity index (χ1n) is 12.2. The van der Waals surface area contributed by atoms with Crippen molar-refractivity contribution in [2.45, 2.75) is 50.7 Å². The monoisotopic (exact) mass is 501 g/mol. The van der Waals surface area contributed by atoms with E-state index in [0.29, 0.717) is 32.0 Å². The summed E-state index contributed by atoms with van der Waals surface area (Å²) in [7, 11) is 0. The minimum Gasteiger partial charge on any atom is -0.356 e. The molecule has 0 radical (unpaired) electrons. The van der Waals surface area contributed by atoms with E-state index in [2.05, 4.69) is 15.4 Å². The summed E-state index contributed by atoms with van der Waals surface area (Å²) in [5.74, 6) is -0.367. The molecule has 0 saturated carbocycles. The van der Waals surface area contributed by atoms with Crippen molar-refractivity contribution in [2.75, 3.05) is 0 Å². The molecule has 5 heterocycles. The molecule has 2 atom stereocenters. The highest BCUT2D eigenvalue weighted by molar-refractivity contribution is 7.18. The van der Waals surface area contributed by atoms with Crippen molar-refractivity contribution in [3.8, 4) is 21.6 Å². The van der Waals surface area contributed by atoms with Gasteiger partial charge >= 0.3 is 0 Å². The van der Waals surface area contributed by atoms with Crippen molar-refractivity contribution in [1.29, 1.82) is 0 Å². The number of thiophene rings is 1. The topological polar surface area (TPSA) is 101 Å². The first-order chi connectivity index (χ1) is 17.5. The maximum absolute atomic E-state index is 15.5. The average Bonchev–Trinajstić information content (AvgIpc) is 3.63. The summed E-state index contributed by atoms with van der Waals surface area (Å²) in [6.45, 7) is 1.79. The van der Waals surface area contributed by atoms with Crippen molar-refractivity contribution in [3.63, 3.8) is 0 Å². The second kappa shape index (κ2) is 7.97. The number of H-pyrrole nitrogens is 1. The number of carbonyl (C=O) groups is 1. The fraction of sp³-hybridized carbons (Fsp3) is 0.296. The van der Waals surface area contributed by atoms with Gasteiger partial charge in [-0.25, -0.2) is 4.39 Å². The maximum Gasteiger partial charge on any atom is 0.264 e. The summed E-state index contributed by atoms with van der Waals surface area (Å²) in [5, 5.41) is 12.7. The highest BCUT2D eigenvalue weighted by atomic mass is 32.1. The summed E-state index contributed by atoms with van der Waals surface area (Å²) >= 11 is 1.33. The van der Waals surface area contributed by atoms with Gasteiger partial charge in [0.2, 0.25) is 0 Å². The van der Waals surface area contributed by atoms with E-state index >= 15 is 4.39 Å². The highest BCUT2D eigenvalue weighted by Gasteiger charge is 2.43. The van der Waals surface area contributed by atoms with E-state index in [-0.39, 0.29) is 29.8 Å². The van der Waals surface area contributed by atoms with E-state index in [1.165, 1.54) is 17.4 Å². The zero-order valence-electron chi connectivity index (χ0n) is 19.6. The standard InChI is InChI=1S/C27H24FN5O2S/c1-13-19-9-22(28)21(10-24(19)35-32-13)26-20(14-2-3-15-12-30-31-23(15)6-14)11-25(36-26)27(34)33-17-4-5-18(33)8-16(29)7-17/h2-3,6,9-12,16-18H,4-5,7-8,29H2,1H3,(H,30,31). The zero-order chi connectivity index (χ0) is 24.6. The number of hydrogen-bond acceptors (Lipinski definition) is 6. The summed E-state index contributed by atoms with van der Waals surface area (Å²) in [4.78, 5) is 17.1. The zero-order valence-corrected chi connectivity index (χ0v) is 20.4.